The number of anilines is 2. The molecule has 1 aromatic heterocycles. The van der Waals surface area contributed by atoms with Crippen molar-refractivity contribution in [1.82, 2.24) is 4.98 Å². The second kappa shape index (κ2) is 5.65. The van der Waals surface area contributed by atoms with Crippen LogP contribution in [0.1, 0.15) is 0 Å². The van der Waals surface area contributed by atoms with Crippen LogP contribution in [-0.4, -0.2) is 12.1 Å². The summed E-state index contributed by atoms with van der Waals surface area (Å²) in [6, 6.07) is 8.71. The highest BCUT2D eigenvalue weighted by Crippen LogP contribution is 2.29. The maximum atomic E-state index is 6.03. The van der Waals surface area contributed by atoms with E-state index in [0.717, 1.165) is 11.4 Å². The van der Waals surface area contributed by atoms with E-state index in [1.54, 1.807) is 31.4 Å². The van der Waals surface area contributed by atoms with Crippen LogP contribution in [0.5, 0.6) is 5.75 Å². The largest absolute Gasteiger partial charge is 0.495 e. The normalized spacial score (nSPS) is 10.2. The number of methoxy groups -OCH3 is 1. The molecule has 0 spiro atoms. The molecule has 0 bridgehead atoms. The van der Waals surface area contributed by atoms with Gasteiger partial charge in [-0.1, -0.05) is 34.8 Å². The Morgan fingerprint density at radius 2 is 1.67 bits per heavy atom. The number of pyridine rings is 1. The Bertz CT molecular complexity index is 555. The second-order valence-electron chi connectivity index (χ2n) is 3.48. The summed E-state index contributed by atoms with van der Waals surface area (Å²) in [6.07, 6.45) is 0. The van der Waals surface area contributed by atoms with Gasteiger partial charge in [-0.05, 0) is 30.3 Å². The Hall–Kier alpha value is -1.16. The van der Waals surface area contributed by atoms with Crippen molar-refractivity contribution >= 4 is 46.2 Å². The number of nitrogens with zero attached hydrogens (tertiary/aromatic N) is 1. The zero-order chi connectivity index (χ0) is 13.1. The van der Waals surface area contributed by atoms with E-state index in [1.165, 1.54) is 0 Å². The van der Waals surface area contributed by atoms with Crippen LogP contribution in [0, 0.1) is 0 Å². The van der Waals surface area contributed by atoms with Crippen LogP contribution in [0.2, 0.25) is 15.3 Å². The smallest absolute Gasteiger partial charge is 0.137 e. The molecule has 3 nitrogen and oxygen atoms in total. The third-order valence-corrected chi connectivity index (χ3v) is 2.89. The molecule has 1 aromatic carbocycles. The van der Waals surface area contributed by atoms with Gasteiger partial charge in [0.1, 0.15) is 16.1 Å². The fourth-order valence-electron chi connectivity index (χ4n) is 1.45. The van der Waals surface area contributed by atoms with Gasteiger partial charge in [0.05, 0.1) is 12.1 Å². The molecule has 0 saturated carbocycles. The van der Waals surface area contributed by atoms with Crippen molar-refractivity contribution in [2.45, 2.75) is 0 Å². The van der Waals surface area contributed by atoms with E-state index in [0.29, 0.717) is 21.1 Å². The van der Waals surface area contributed by atoms with E-state index in [-0.39, 0.29) is 0 Å². The number of hydrogen-bond donors (Lipinski definition) is 1. The number of nitrogens with one attached hydrogen (secondary N) is 1. The van der Waals surface area contributed by atoms with Crippen molar-refractivity contribution in [3.05, 3.63) is 45.7 Å². The molecule has 0 saturated heterocycles. The number of hydrogen-bond acceptors (Lipinski definition) is 3. The summed E-state index contributed by atoms with van der Waals surface area (Å²) in [5.74, 6) is 0.619. The maximum absolute atomic E-state index is 6.03. The first kappa shape index (κ1) is 13.3. The van der Waals surface area contributed by atoms with Crippen LogP contribution < -0.4 is 10.1 Å². The Morgan fingerprint density at radius 1 is 1.00 bits per heavy atom. The van der Waals surface area contributed by atoms with Crippen LogP contribution >= 0.6 is 34.8 Å². The molecule has 0 fully saturated rings. The highest BCUT2D eigenvalue weighted by atomic mass is 35.5. The summed E-state index contributed by atoms with van der Waals surface area (Å²) in [7, 11) is 1.57. The molecule has 1 heterocycles. The van der Waals surface area contributed by atoms with Gasteiger partial charge in [0.15, 0.2) is 0 Å². The number of benzene rings is 1. The average Bonchev–Trinajstić information content (AvgIpc) is 2.27. The van der Waals surface area contributed by atoms with Crippen molar-refractivity contribution in [2.24, 2.45) is 0 Å². The van der Waals surface area contributed by atoms with Crippen molar-refractivity contribution < 1.29 is 4.74 Å². The van der Waals surface area contributed by atoms with Crippen LogP contribution in [0.4, 0.5) is 11.4 Å². The summed E-state index contributed by atoms with van der Waals surface area (Å²) in [6.45, 7) is 0. The van der Waals surface area contributed by atoms with Gasteiger partial charge in [-0.25, -0.2) is 4.98 Å². The molecule has 94 valence electrons. The molecule has 18 heavy (non-hydrogen) atoms. The fraction of sp³-hybridized carbons (Fsp3) is 0.0833. The molecule has 0 aliphatic heterocycles. The van der Waals surface area contributed by atoms with E-state index in [2.05, 4.69) is 10.3 Å². The number of rotatable bonds is 3. The SMILES string of the molecule is COc1ccc(Nc2cc(Cl)nc(Cl)c2)cc1Cl. The average molecular weight is 304 g/mol. The van der Waals surface area contributed by atoms with Gasteiger partial charge in [0.25, 0.3) is 0 Å². The lowest BCUT2D eigenvalue weighted by atomic mass is 10.3. The van der Waals surface area contributed by atoms with Crippen LogP contribution in [-0.2, 0) is 0 Å². The second-order valence-corrected chi connectivity index (χ2v) is 4.66. The van der Waals surface area contributed by atoms with E-state index < -0.39 is 0 Å². The lowest BCUT2D eigenvalue weighted by Crippen LogP contribution is -1.92. The molecule has 0 atom stereocenters. The molecule has 0 unspecified atom stereocenters. The molecule has 0 aliphatic rings. The number of ether oxygens (including phenoxy) is 1. The Morgan fingerprint density at radius 3 is 2.22 bits per heavy atom. The van der Waals surface area contributed by atoms with Crippen LogP contribution in [0.3, 0.4) is 0 Å². The minimum atomic E-state index is 0.324. The molecular weight excluding hydrogens is 295 g/mol. The standard InChI is InChI=1S/C12H9Cl3N2O/c1-18-10-3-2-7(4-9(10)13)16-8-5-11(14)17-12(15)6-8/h2-6H,1H3,(H,16,17). The highest BCUT2D eigenvalue weighted by molar-refractivity contribution is 6.33. The predicted octanol–water partition coefficient (Wildman–Crippen LogP) is 4.79. The van der Waals surface area contributed by atoms with Crippen molar-refractivity contribution in [3.63, 3.8) is 0 Å². The molecule has 1 N–H and O–H groups in total. The highest BCUT2D eigenvalue weighted by Gasteiger charge is 2.04. The monoisotopic (exact) mass is 302 g/mol. The molecule has 0 aliphatic carbocycles. The first-order chi connectivity index (χ1) is 8.58. The van der Waals surface area contributed by atoms with Crippen molar-refractivity contribution in [3.8, 4) is 5.75 Å². The van der Waals surface area contributed by atoms with E-state index in [4.69, 9.17) is 39.5 Å². The third-order valence-electron chi connectivity index (χ3n) is 2.20. The third kappa shape index (κ3) is 3.19. The van der Waals surface area contributed by atoms with E-state index in [9.17, 15) is 0 Å². The fourth-order valence-corrected chi connectivity index (χ4v) is 2.17. The number of halogens is 3. The van der Waals surface area contributed by atoms with Crippen LogP contribution in [0.25, 0.3) is 0 Å². The van der Waals surface area contributed by atoms with Gasteiger partial charge >= 0.3 is 0 Å². The van der Waals surface area contributed by atoms with Gasteiger partial charge < -0.3 is 10.1 Å². The summed E-state index contributed by atoms with van der Waals surface area (Å²) >= 11 is 17.7. The quantitative estimate of drug-likeness (QED) is 0.827. The topological polar surface area (TPSA) is 34.1 Å². The predicted molar refractivity (Wildman–Crippen MR) is 75.5 cm³/mol. The van der Waals surface area contributed by atoms with Gasteiger partial charge in [-0.3, -0.25) is 0 Å². The van der Waals surface area contributed by atoms with Crippen molar-refractivity contribution in [1.29, 1.82) is 0 Å². The summed E-state index contributed by atoms with van der Waals surface area (Å²) in [5.41, 5.74) is 1.54. The molecule has 0 amide bonds. The molecule has 6 heteroatoms. The summed E-state index contributed by atoms with van der Waals surface area (Å²) in [4.78, 5) is 3.87. The van der Waals surface area contributed by atoms with Gasteiger partial charge in [-0.2, -0.15) is 0 Å². The van der Waals surface area contributed by atoms with Gasteiger partial charge in [0, 0.05) is 11.4 Å². The molecule has 0 radical (unpaired) electrons. The zero-order valence-corrected chi connectivity index (χ0v) is 11.6. The van der Waals surface area contributed by atoms with Gasteiger partial charge in [-0.15, -0.1) is 0 Å². The Labute approximate surface area is 120 Å². The first-order valence-corrected chi connectivity index (χ1v) is 6.15. The van der Waals surface area contributed by atoms with E-state index >= 15 is 0 Å². The minimum absolute atomic E-state index is 0.324. The lowest BCUT2D eigenvalue weighted by Gasteiger charge is -2.09. The van der Waals surface area contributed by atoms with Crippen LogP contribution in [0.15, 0.2) is 30.3 Å². The number of aromatic nitrogens is 1. The lowest BCUT2D eigenvalue weighted by molar-refractivity contribution is 0.415. The molecule has 2 rings (SSSR count). The summed E-state index contributed by atoms with van der Waals surface area (Å²) in [5, 5.41) is 4.30. The Balaban J connectivity index is 2.25. The van der Waals surface area contributed by atoms with Gasteiger partial charge in [0.2, 0.25) is 0 Å². The maximum Gasteiger partial charge on any atom is 0.137 e. The van der Waals surface area contributed by atoms with E-state index in [1.807, 2.05) is 6.07 Å². The summed E-state index contributed by atoms with van der Waals surface area (Å²) < 4.78 is 5.08. The van der Waals surface area contributed by atoms with Crippen molar-refractivity contribution in [2.75, 3.05) is 12.4 Å². The zero-order valence-electron chi connectivity index (χ0n) is 9.38. The minimum Gasteiger partial charge on any atom is -0.495 e. The molecule has 2 aromatic rings. The first-order valence-electron chi connectivity index (χ1n) is 5.02. The Kier molecular flexibility index (Phi) is 4.17. The molecular formula is C12H9Cl3N2O.